The Morgan fingerprint density at radius 3 is 2.39 bits per heavy atom. The minimum absolute atomic E-state index is 0.371. The minimum atomic E-state index is -0.371. The van der Waals surface area contributed by atoms with Gasteiger partial charge in [0.2, 0.25) is 5.91 Å². The van der Waals surface area contributed by atoms with Crippen LogP contribution < -0.4 is 11.1 Å². The number of carbonyl (C=O) groups excluding carboxylic acids is 1. The van der Waals surface area contributed by atoms with Crippen LogP contribution in [0.2, 0.25) is 0 Å². The third-order valence-corrected chi connectivity index (χ3v) is 4.18. The first-order valence-electron chi connectivity index (χ1n) is 6.61. The molecule has 3 heterocycles. The summed E-state index contributed by atoms with van der Waals surface area (Å²) in [6.45, 7) is 3.65. The number of primary amides is 1. The summed E-state index contributed by atoms with van der Waals surface area (Å²) in [6.07, 6.45) is 2.61. The molecule has 1 aromatic rings. The van der Waals surface area contributed by atoms with Gasteiger partial charge < -0.3 is 16.0 Å². The monoisotopic (exact) mass is 245 g/mol. The number of hydrogen-bond acceptors (Lipinski definition) is 3. The number of nitrogens with one attached hydrogen (secondary N) is 1. The van der Waals surface area contributed by atoms with Crippen molar-refractivity contribution in [3.05, 3.63) is 29.8 Å². The number of carbonyl (C=O) groups is 1. The maximum atomic E-state index is 11.0. The first-order chi connectivity index (χ1) is 8.72. The highest BCUT2D eigenvalue weighted by atomic mass is 16.1. The summed E-state index contributed by atoms with van der Waals surface area (Å²) in [7, 11) is 0. The van der Waals surface area contributed by atoms with Crippen LogP contribution >= 0.6 is 0 Å². The number of nitrogens with zero attached hydrogens (tertiary/aromatic N) is 1. The Morgan fingerprint density at radius 2 is 1.89 bits per heavy atom. The Balaban J connectivity index is 1.67. The van der Waals surface area contributed by atoms with Gasteiger partial charge in [0.1, 0.15) is 0 Å². The number of anilines is 1. The molecule has 1 unspecified atom stereocenters. The zero-order valence-electron chi connectivity index (χ0n) is 10.4. The maximum absolute atomic E-state index is 11.0. The molecular weight excluding hydrogens is 226 g/mol. The van der Waals surface area contributed by atoms with Gasteiger partial charge in [-0.05, 0) is 56.1 Å². The lowest BCUT2D eigenvalue weighted by Gasteiger charge is -2.45. The Kier molecular flexibility index (Phi) is 2.96. The van der Waals surface area contributed by atoms with E-state index < -0.39 is 0 Å². The molecule has 1 amide bonds. The van der Waals surface area contributed by atoms with Crippen LogP contribution in [-0.4, -0.2) is 36.5 Å². The van der Waals surface area contributed by atoms with Gasteiger partial charge in [0.15, 0.2) is 0 Å². The highest BCUT2D eigenvalue weighted by molar-refractivity contribution is 5.93. The summed E-state index contributed by atoms with van der Waals surface area (Å²) in [5, 5.41) is 3.58. The molecule has 4 heteroatoms. The second-order valence-corrected chi connectivity index (χ2v) is 5.33. The van der Waals surface area contributed by atoms with Crippen molar-refractivity contribution in [3.8, 4) is 0 Å². The molecule has 3 aliphatic heterocycles. The topological polar surface area (TPSA) is 58.4 Å². The summed E-state index contributed by atoms with van der Waals surface area (Å²) >= 11 is 0. The van der Waals surface area contributed by atoms with Gasteiger partial charge in [-0.1, -0.05) is 0 Å². The lowest BCUT2D eigenvalue weighted by Crippen LogP contribution is -2.53. The molecule has 3 saturated heterocycles. The Bertz CT molecular complexity index is 435. The molecule has 0 aromatic heterocycles. The van der Waals surface area contributed by atoms with E-state index in [2.05, 4.69) is 10.2 Å². The van der Waals surface area contributed by atoms with E-state index in [0.717, 1.165) is 18.2 Å². The van der Waals surface area contributed by atoms with Crippen molar-refractivity contribution in [2.45, 2.75) is 18.9 Å². The summed E-state index contributed by atoms with van der Waals surface area (Å²) in [4.78, 5) is 13.5. The average Bonchev–Trinajstić information content (AvgIpc) is 2.41. The quantitative estimate of drug-likeness (QED) is 0.843. The largest absolute Gasteiger partial charge is 0.381 e. The molecule has 1 aromatic carbocycles. The van der Waals surface area contributed by atoms with Crippen molar-refractivity contribution >= 4 is 11.6 Å². The van der Waals surface area contributed by atoms with Gasteiger partial charge in [-0.15, -0.1) is 0 Å². The van der Waals surface area contributed by atoms with E-state index in [1.807, 2.05) is 12.1 Å². The molecule has 3 fully saturated rings. The number of benzene rings is 1. The molecule has 96 valence electrons. The van der Waals surface area contributed by atoms with Crippen molar-refractivity contribution in [3.63, 3.8) is 0 Å². The highest BCUT2D eigenvalue weighted by Crippen LogP contribution is 2.29. The standard InChI is InChI=1S/C14H19N3O/c15-14(18)11-1-3-12(4-2-11)16-13-9-17-7-5-10(13)6-8-17/h1-4,10,13,16H,5-9H2,(H2,15,18). The summed E-state index contributed by atoms with van der Waals surface area (Å²) in [5.41, 5.74) is 6.88. The van der Waals surface area contributed by atoms with Crippen molar-refractivity contribution in [2.75, 3.05) is 25.0 Å². The number of piperidine rings is 3. The molecule has 3 N–H and O–H groups in total. The van der Waals surface area contributed by atoms with E-state index in [9.17, 15) is 4.79 Å². The maximum Gasteiger partial charge on any atom is 0.248 e. The molecule has 0 spiro atoms. The zero-order valence-corrected chi connectivity index (χ0v) is 10.4. The Hall–Kier alpha value is -1.55. The van der Waals surface area contributed by atoms with Crippen LogP contribution in [-0.2, 0) is 0 Å². The lowest BCUT2D eigenvalue weighted by atomic mass is 9.84. The molecule has 2 bridgehead atoms. The normalized spacial score (nSPS) is 30.1. The highest BCUT2D eigenvalue weighted by Gasteiger charge is 2.33. The van der Waals surface area contributed by atoms with Gasteiger partial charge >= 0.3 is 0 Å². The molecule has 1 atom stereocenters. The van der Waals surface area contributed by atoms with E-state index in [4.69, 9.17) is 5.73 Å². The molecule has 0 aliphatic carbocycles. The van der Waals surface area contributed by atoms with Crippen LogP contribution in [0, 0.1) is 5.92 Å². The summed E-state index contributed by atoms with van der Waals surface area (Å²) in [5.74, 6) is 0.426. The van der Waals surface area contributed by atoms with Crippen LogP contribution in [0.4, 0.5) is 5.69 Å². The molecule has 4 nitrogen and oxygen atoms in total. The fourth-order valence-corrected chi connectivity index (χ4v) is 3.07. The first kappa shape index (κ1) is 11.5. The molecule has 18 heavy (non-hydrogen) atoms. The number of fused-ring (bicyclic) bond motifs is 3. The van der Waals surface area contributed by atoms with Crippen LogP contribution in [0.1, 0.15) is 23.2 Å². The Morgan fingerprint density at radius 1 is 1.22 bits per heavy atom. The van der Waals surface area contributed by atoms with Crippen LogP contribution in [0.25, 0.3) is 0 Å². The van der Waals surface area contributed by atoms with Crippen LogP contribution in [0.3, 0.4) is 0 Å². The SMILES string of the molecule is NC(=O)c1ccc(NC2CN3CCC2CC3)cc1. The van der Waals surface area contributed by atoms with Gasteiger partial charge in [-0.3, -0.25) is 4.79 Å². The van der Waals surface area contributed by atoms with Gasteiger partial charge in [0.05, 0.1) is 0 Å². The third-order valence-electron chi connectivity index (χ3n) is 4.18. The van der Waals surface area contributed by atoms with E-state index >= 15 is 0 Å². The second kappa shape index (κ2) is 4.61. The first-order valence-corrected chi connectivity index (χ1v) is 6.61. The van der Waals surface area contributed by atoms with Crippen molar-refractivity contribution < 1.29 is 4.79 Å². The second-order valence-electron chi connectivity index (χ2n) is 5.33. The molecule has 4 rings (SSSR count). The summed E-state index contributed by atoms with van der Waals surface area (Å²) in [6, 6.07) is 8.00. The van der Waals surface area contributed by atoms with E-state index in [-0.39, 0.29) is 5.91 Å². The molecule has 3 aliphatic rings. The summed E-state index contributed by atoms with van der Waals surface area (Å²) < 4.78 is 0. The molecule has 0 saturated carbocycles. The van der Waals surface area contributed by atoms with Crippen LogP contribution in [0.5, 0.6) is 0 Å². The fourth-order valence-electron chi connectivity index (χ4n) is 3.07. The van der Waals surface area contributed by atoms with Crippen LogP contribution in [0.15, 0.2) is 24.3 Å². The van der Waals surface area contributed by atoms with Crippen molar-refractivity contribution in [1.29, 1.82) is 0 Å². The van der Waals surface area contributed by atoms with Crippen molar-refractivity contribution in [2.24, 2.45) is 11.7 Å². The van der Waals surface area contributed by atoms with E-state index in [0.29, 0.717) is 11.6 Å². The van der Waals surface area contributed by atoms with E-state index in [1.54, 1.807) is 12.1 Å². The Labute approximate surface area is 107 Å². The predicted octanol–water partition coefficient (Wildman–Crippen LogP) is 1.29. The van der Waals surface area contributed by atoms with E-state index in [1.165, 1.54) is 25.9 Å². The lowest BCUT2D eigenvalue weighted by molar-refractivity contribution is 0.0975. The number of nitrogens with two attached hydrogens (primary N) is 1. The number of amides is 1. The van der Waals surface area contributed by atoms with Gasteiger partial charge in [0.25, 0.3) is 0 Å². The smallest absolute Gasteiger partial charge is 0.248 e. The van der Waals surface area contributed by atoms with Crippen molar-refractivity contribution in [1.82, 2.24) is 4.90 Å². The third kappa shape index (κ3) is 2.20. The number of rotatable bonds is 3. The zero-order chi connectivity index (χ0) is 12.5. The molecular formula is C14H19N3O. The van der Waals surface area contributed by atoms with Gasteiger partial charge in [0, 0.05) is 23.8 Å². The average molecular weight is 245 g/mol. The number of hydrogen-bond donors (Lipinski definition) is 2. The predicted molar refractivity (Wildman–Crippen MR) is 71.5 cm³/mol. The minimum Gasteiger partial charge on any atom is -0.381 e. The van der Waals surface area contributed by atoms with Gasteiger partial charge in [-0.25, -0.2) is 0 Å². The fraction of sp³-hybridized carbons (Fsp3) is 0.500. The molecule has 0 radical (unpaired) electrons. The van der Waals surface area contributed by atoms with Gasteiger partial charge in [-0.2, -0.15) is 0 Å².